The summed E-state index contributed by atoms with van der Waals surface area (Å²) in [4.78, 5) is 0. The van der Waals surface area contributed by atoms with Crippen molar-refractivity contribution in [2.75, 3.05) is 14.1 Å². The molecule has 0 saturated carbocycles. The van der Waals surface area contributed by atoms with E-state index < -0.39 is 0 Å². The lowest BCUT2D eigenvalue weighted by Crippen LogP contribution is -3.00. The molecule has 1 rings (SSSR count). The van der Waals surface area contributed by atoms with Gasteiger partial charge in [0, 0.05) is 5.56 Å². The van der Waals surface area contributed by atoms with Crippen LogP contribution in [0.25, 0.3) is 0 Å². The Morgan fingerprint density at radius 2 is 1.33 bits per heavy atom. The summed E-state index contributed by atoms with van der Waals surface area (Å²) >= 11 is 0. The standard InChI is InChI=1S/C22H38N.ClH/c1-5-7-8-9-10-11-12-13-14-15-18-21-19-16-17-20-22(21)23(3,4)6-2;/h6,16-17,19-20H,2,5,7-15,18H2,1,3-4H3;1H/q+1;/p-1. The van der Waals surface area contributed by atoms with Crippen LogP contribution in [0.5, 0.6) is 0 Å². The van der Waals surface area contributed by atoms with Crippen LogP contribution in [0, 0.1) is 0 Å². The number of unbranched alkanes of at least 4 members (excludes halogenated alkanes) is 9. The number of benzene rings is 1. The van der Waals surface area contributed by atoms with E-state index in [1.54, 1.807) is 0 Å². The van der Waals surface area contributed by atoms with Gasteiger partial charge in [-0.2, -0.15) is 0 Å². The number of hydrogen-bond acceptors (Lipinski definition) is 0. The number of rotatable bonds is 13. The van der Waals surface area contributed by atoms with E-state index in [1.165, 1.54) is 81.9 Å². The molecule has 138 valence electrons. The average molecular weight is 352 g/mol. The third-order valence-electron chi connectivity index (χ3n) is 4.87. The van der Waals surface area contributed by atoms with E-state index in [-0.39, 0.29) is 12.4 Å². The quantitative estimate of drug-likeness (QED) is 0.374. The van der Waals surface area contributed by atoms with Gasteiger partial charge in [-0.1, -0.05) is 82.9 Å². The van der Waals surface area contributed by atoms with Crippen molar-refractivity contribution in [2.45, 2.75) is 77.6 Å². The molecule has 0 aliphatic rings. The van der Waals surface area contributed by atoms with Crippen LogP contribution in [0.2, 0.25) is 0 Å². The third-order valence-corrected chi connectivity index (χ3v) is 4.87. The Morgan fingerprint density at radius 1 is 0.833 bits per heavy atom. The number of nitrogens with zero attached hydrogens (tertiary/aromatic N) is 1. The van der Waals surface area contributed by atoms with Crippen LogP contribution in [0.3, 0.4) is 0 Å². The number of halogens is 1. The average Bonchev–Trinajstić information content (AvgIpc) is 2.57. The van der Waals surface area contributed by atoms with Crippen LogP contribution in [0.15, 0.2) is 37.0 Å². The monoisotopic (exact) mass is 351 g/mol. The molecule has 1 aromatic rings. The highest BCUT2D eigenvalue weighted by Crippen LogP contribution is 2.26. The maximum Gasteiger partial charge on any atom is 0.140 e. The fourth-order valence-corrected chi connectivity index (χ4v) is 3.19. The van der Waals surface area contributed by atoms with Crippen LogP contribution in [-0.4, -0.2) is 14.1 Å². The van der Waals surface area contributed by atoms with E-state index in [0.717, 1.165) is 4.48 Å². The molecule has 0 aliphatic heterocycles. The highest BCUT2D eigenvalue weighted by Gasteiger charge is 2.18. The van der Waals surface area contributed by atoms with E-state index in [2.05, 4.69) is 51.9 Å². The predicted octanol–water partition coefficient (Wildman–Crippen LogP) is 3.86. The van der Waals surface area contributed by atoms with Gasteiger partial charge in [0.25, 0.3) is 0 Å². The first-order valence-corrected chi connectivity index (χ1v) is 9.67. The van der Waals surface area contributed by atoms with Crippen molar-refractivity contribution in [1.29, 1.82) is 0 Å². The van der Waals surface area contributed by atoms with Gasteiger partial charge in [-0.15, -0.1) is 0 Å². The highest BCUT2D eigenvalue weighted by molar-refractivity contribution is 5.51. The minimum atomic E-state index is 0. The summed E-state index contributed by atoms with van der Waals surface area (Å²) in [5.74, 6) is 0. The van der Waals surface area contributed by atoms with Gasteiger partial charge >= 0.3 is 0 Å². The number of aryl methyl sites for hydroxylation is 1. The van der Waals surface area contributed by atoms with E-state index in [9.17, 15) is 0 Å². The van der Waals surface area contributed by atoms with Crippen molar-refractivity contribution in [3.8, 4) is 0 Å². The molecule has 24 heavy (non-hydrogen) atoms. The van der Waals surface area contributed by atoms with Gasteiger partial charge in [0.2, 0.25) is 0 Å². The Bertz CT molecular complexity index is 439. The van der Waals surface area contributed by atoms with E-state index in [4.69, 9.17) is 0 Å². The smallest absolute Gasteiger partial charge is 0.140 e. The molecule has 0 amide bonds. The molecule has 0 aliphatic carbocycles. The molecule has 0 unspecified atom stereocenters. The minimum absolute atomic E-state index is 0. The molecular weight excluding hydrogens is 314 g/mol. The molecule has 0 saturated heterocycles. The minimum Gasteiger partial charge on any atom is -1.00 e. The van der Waals surface area contributed by atoms with Crippen molar-refractivity contribution in [2.24, 2.45) is 0 Å². The Balaban J connectivity index is 0.00000529. The van der Waals surface area contributed by atoms with Crippen LogP contribution in [-0.2, 0) is 6.42 Å². The second-order valence-electron chi connectivity index (χ2n) is 7.28. The molecule has 0 atom stereocenters. The van der Waals surface area contributed by atoms with Gasteiger partial charge in [0.05, 0.1) is 20.3 Å². The summed E-state index contributed by atoms with van der Waals surface area (Å²) in [5.41, 5.74) is 2.87. The number of hydrogen-bond donors (Lipinski definition) is 0. The number of quaternary nitrogens is 1. The summed E-state index contributed by atoms with van der Waals surface area (Å²) < 4.78 is 0.758. The van der Waals surface area contributed by atoms with Gasteiger partial charge in [-0.05, 0) is 25.5 Å². The maximum absolute atomic E-state index is 3.98. The van der Waals surface area contributed by atoms with Gasteiger partial charge in [0.15, 0.2) is 0 Å². The molecule has 0 radical (unpaired) electrons. The summed E-state index contributed by atoms with van der Waals surface area (Å²) in [7, 11) is 4.40. The molecule has 0 bridgehead atoms. The normalized spacial score (nSPS) is 11.1. The summed E-state index contributed by atoms with van der Waals surface area (Å²) in [6, 6.07) is 8.83. The summed E-state index contributed by atoms with van der Waals surface area (Å²) in [5, 5.41) is 0. The first-order chi connectivity index (χ1) is 11.1. The Morgan fingerprint density at radius 3 is 1.88 bits per heavy atom. The van der Waals surface area contributed by atoms with E-state index in [1.807, 2.05) is 6.20 Å². The molecule has 2 heteroatoms. The van der Waals surface area contributed by atoms with Crippen molar-refractivity contribution >= 4 is 5.69 Å². The molecule has 0 N–H and O–H groups in total. The van der Waals surface area contributed by atoms with Crippen molar-refractivity contribution < 1.29 is 12.4 Å². The maximum atomic E-state index is 3.98. The largest absolute Gasteiger partial charge is 1.00 e. The van der Waals surface area contributed by atoms with Gasteiger partial charge in [-0.3, -0.25) is 4.48 Å². The van der Waals surface area contributed by atoms with Gasteiger partial charge < -0.3 is 12.4 Å². The summed E-state index contributed by atoms with van der Waals surface area (Å²) in [6.07, 6.45) is 17.2. The Kier molecular flexibility index (Phi) is 13.1. The third kappa shape index (κ3) is 8.89. The second kappa shape index (κ2) is 13.5. The zero-order valence-corrected chi connectivity index (χ0v) is 17.0. The van der Waals surface area contributed by atoms with Crippen LogP contribution in [0.1, 0.15) is 76.7 Å². The van der Waals surface area contributed by atoms with Crippen molar-refractivity contribution in [3.63, 3.8) is 0 Å². The molecule has 0 aromatic heterocycles. The van der Waals surface area contributed by atoms with Crippen molar-refractivity contribution in [1.82, 2.24) is 4.48 Å². The molecule has 0 fully saturated rings. The van der Waals surface area contributed by atoms with Crippen molar-refractivity contribution in [3.05, 3.63) is 42.6 Å². The first kappa shape index (κ1) is 23.2. The molecule has 0 spiro atoms. The second-order valence-corrected chi connectivity index (χ2v) is 7.28. The Hall–Kier alpha value is -0.790. The molecule has 0 heterocycles. The van der Waals surface area contributed by atoms with E-state index >= 15 is 0 Å². The lowest BCUT2D eigenvalue weighted by Gasteiger charge is -2.26. The highest BCUT2D eigenvalue weighted by atomic mass is 35.5. The zero-order valence-electron chi connectivity index (χ0n) is 16.2. The van der Waals surface area contributed by atoms with Crippen LogP contribution < -0.4 is 16.9 Å². The molecule has 1 aromatic carbocycles. The zero-order chi connectivity index (χ0) is 17.0. The fourth-order valence-electron chi connectivity index (χ4n) is 3.19. The topological polar surface area (TPSA) is 0 Å². The van der Waals surface area contributed by atoms with Crippen LogP contribution >= 0.6 is 0 Å². The SMILES string of the molecule is C=C[N+](C)(C)c1ccccc1CCCCCCCCCCCC.[Cl-]. The van der Waals surface area contributed by atoms with Gasteiger partial charge in [-0.25, -0.2) is 0 Å². The fraction of sp³-hybridized carbons (Fsp3) is 0.636. The van der Waals surface area contributed by atoms with E-state index in [0.29, 0.717) is 0 Å². The van der Waals surface area contributed by atoms with Gasteiger partial charge in [0.1, 0.15) is 5.69 Å². The lowest BCUT2D eigenvalue weighted by atomic mass is 10.0. The van der Waals surface area contributed by atoms with Crippen LogP contribution in [0.4, 0.5) is 5.69 Å². The molecular formula is C22H38ClN. The first-order valence-electron chi connectivity index (χ1n) is 9.67. The molecule has 1 nitrogen and oxygen atoms in total. The summed E-state index contributed by atoms with van der Waals surface area (Å²) in [6.45, 7) is 6.26. The Labute approximate surface area is 157 Å². The lowest BCUT2D eigenvalue weighted by molar-refractivity contribution is -0.00000510. The number of para-hydroxylation sites is 1. The predicted molar refractivity (Wildman–Crippen MR) is 106 cm³/mol.